The molecule has 1 aliphatic rings. The summed E-state index contributed by atoms with van der Waals surface area (Å²) in [4.78, 5) is 2.54. The number of rotatable bonds is 5. The van der Waals surface area contributed by atoms with Crippen LogP contribution in [-0.2, 0) is 0 Å². The van der Waals surface area contributed by atoms with E-state index in [2.05, 4.69) is 11.8 Å². The molecule has 13 heavy (non-hydrogen) atoms. The molecule has 0 spiro atoms. The van der Waals surface area contributed by atoms with Gasteiger partial charge in [0.05, 0.1) is 0 Å². The lowest BCUT2D eigenvalue weighted by Crippen LogP contribution is -2.31. The number of hydrogen-bond acceptors (Lipinski definition) is 2. The Bertz CT molecular complexity index is 117. The Balaban J connectivity index is 2.09. The van der Waals surface area contributed by atoms with Gasteiger partial charge in [-0.2, -0.15) is 0 Å². The zero-order valence-electron chi connectivity index (χ0n) is 8.84. The number of aliphatic hydroxyl groups is 1. The Morgan fingerprint density at radius 2 is 1.92 bits per heavy atom. The monoisotopic (exact) mass is 185 g/mol. The quantitative estimate of drug-likeness (QED) is 0.707. The van der Waals surface area contributed by atoms with Gasteiger partial charge < -0.3 is 10.0 Å². The third-order valence-electron chi connectivity index (χ3n) is 3.14. The van der Waals surface area contributed by atoms with E-state index in [0.717, 1.165) is 6.42 Å². The van der Waals surface area contributed by atoms with Crippen LogP contribution >= 0.6 is 0 Å². The summed E-state index contributed by atoms with van der Waals surface area (Å²) in [6.45, 7) is 6.28. The zero-order valence-corrected chi connectivity index (χ0v) is 8.84. The first-order valence-electron chi connectivity index (χ1n) is 5.70. The number of aliphatic hydroxyl groups excluding tert-OH is 1. The molecule has 1 rings (SSSR count). The average molecular weight is 185 g/mol. The summed E-state index contributed by atoms with van der Waals surface area (Å²) in [6.07, 6.45) is 6.44. The summed E-state index contributed by atoms with van der Waals surface area (Å²) >= 11 is 0. The van der Waals surface area contributed by atoms with Crippen molar-refractivity contribution in [3.05, 3.63) is 0 Å². The highest BCUT2D eigenvalue weighted by atomic mass is 16.3. The molecule has 0 bridgehead atoms. The fraction of sp³-hybridized carbons (Fsp3) is 1.00. The van der Waals surface area contributed by atoms with Crippen molar-refractivity contribution in [2.75, 3.05) is 26.2 Å². The van der Waals surface area contributed by atoms with Crippen LogP contribution < -0.4 is 0 Å². The van der Waals surface area contributed by atoms with Crippen LogP contribution in [0.4, 0.5) is 0 Å². The highest BCUT2D eigenvalue weighted by Gasteiger charge is 2.11. The molecule has 1 unspecified atom stereocenters. The molecule has 0 aromatic carbocycles. The second-order valence-electron chi connectivity index (χ2n) is 4.15. The fourth-order valence-corrected chi connectivity index (χ4v) is 1.97. The maximum Gasteiger partial charge on any atom is 0.0459 e. The molecule has 2 heteroatoms. The Labute approximate surface area is 81.9 Å². The zero-order chi connectivity index (χ0) is 9.52. The third-order valence-corrected chi connectivity index (χ3v) is 3.14. The van der Waals surface area contributed by atoms with Gasteiger partial charge in [-0.15, -0.1) is 0 Å². The number of hydrogen-bond donors (Lipinski definition) is 1. The van der Waals surface area contributed by atoms with Crippen LogP contribution in [0.5, 0.6) is 0 Å². The number of likely N-dealkylation sites (tertiary alicyclic amines) is 1. The van der Waals surface area contributed by atoms with Gasteiger partial charge in [-0.05, 0) is 44.8 Å². The van der Waals surface area contributed by atoms with Gasteiger partial charge in [-0.3, -0.25) is 0 Å². The lowest BCUT2D eigenvalue weighted by atomic mass is 10.0. The van der Waals surface area contributed by atoms with Gasteiger partial charge in [0, 0.05) is 6.61 Å². The van der Waals surface area contributed by atoms with Crippen LogP contribution in [-0.4, -0.2) is 36.2 Å². The molecule has 1 aliphatic heterocycles. The number of piperidine rings is 1. The van der Waals surface area contributed by atoms with Gasteiger partial charge in [0.1, 0.15) is 0 Å². The summed E-state index contributed by atoms with van der Waals surface area (Å²) in [5.74, 6) is 0.530. The first-order valence-corrected chi connectivity index (χ1v) is 5.70. The van der Waals surface area contributed by atoms with Crippen molar-refractivity contribution in [3.63, 3.8) is 0 Å². The van der Waals surface area contributed by atoms with Crippen LogP contribution in [0, 0.1) is 5.92 Å². The van der Waals surface area contributed by atoms with E-state index < -0.39 is 0 Å². The maximum atomic E-state index is 9.04. The topological polar surface area (TPSA) is 23.5 Å². The average Bonchev–Trinajstić information content (AvgIpc) is 2.21. The summed E-state index contributed by atoms with van der Waals surface area (Å²) in [7, 11) is 0. The van der Waals surface area contributed by atoms with E-state index in [0.29, 0.717) is 12.5 Å². The molecule has 1 N–H and O–H groups in total. The SMILES string of the molecule is CCC(CO)CCN1CCCCC1. The van der Waals surface area contributed by atoms with Crippen LogP contribution in [0.3, 0.4) is 0 Å². The van der Waals surface area contributed by atoms with Gasteiger partial charge in [0.25, 0.3) is 0 Å². The van der Waals surface area contributed by atoms with Gasteiger partial charge in [0.15, 0.2) is 0 Å². The van der Waals surface area contributed by atoms with Crippen molar-refractivity contribution >= 4 is 0 Å². The first kappa shape index (κ1) is 11.0. The molecule has 0 amide bonds. The number of nitrogens with zero attached hydrogens (tertiary/aromatic N) is 1. The highest BCUT2D eigenvalue weighted by molar-refractivity contribution is 4.66. The van der Waals surface area contributed by atoms with E-state index in [4.69, 9.17) is 5.11 Å². The van der Waals surface area contributed by atoms with Gasteiger partial charge in [-0.25, -0.2) is 0 Å². The van der Waals surface area contributed by atoms with Crippen molar-refractivity contribution in [3.8, 4) is 0 Å². The van der Waals surface area contributed by atoms with Crippen molar-refractivity contribution in [2.24, 2.45) is 5.92 Å². The van der Waals surface area contributed by atoms with Gasteiger partial charge in [0.2, 0.25) is 0 Å². The third kappa shape index (κ3) is 4.10. The Morgan fingerprint density at radius 3 is 2.46 bits per heavy atom. The molecular formula is C11H23NO. The summed E-state index contributed by atoms with van der Waals surface area (Å²) in [6, 6.07) is 0. The standard InChI is InChI=1S/C11H23NO/c1-2-11(10-13)6-9-12-7-4-3-5-8-12/h11,13H,2-10H2,1H3. The molecule has 0 aliphatic carbocycles. The fourth-order valence-electron chi connectivity index (χ4n) is 1.97. The minimum absolute atomic E-state index is 0.365. The summed E-state index contributed by atoms with van der Waals surface area (Å²) < 4.78 is 0. The molecule has 0 radical (unpaired) electrons. The second kappa shape index (κ2) is 6.39. The normalized spacial score (nSPS) is 21.7. The lowest BCUT2D eigenvalue weighted by Gasteiger charge is -2.27. The smallest absolute Gasteiger partial charge is 0.0459 e. The Hall–Kier alpha value is -0.0800. The van der Waals surface area contributed by atoms with E-state index in [1.54, 1.807) is 0 Å². The molecule has 78 valence electrons. The molecule has 0 aromatic rings. The van der Waals surface area contributed by atoms with E-state index in [-0.39, 0.29) is 0 Å². The molecule has 1 fully saturated rings. The maximum absolute atomic E-state index is 9.04. The van der Waals surface area contributed by atoms with Crippen LogP contribution in [0.1, 0.15) is 39.0 Å². The molecule has 0 aromatic heterocycles. The molecule has 2 nitrogen and oxygen atoms in total. The van der Waals surface area contributed by atoms with Crippen LogP contribution in [0.15, 0.2) is 0 Å². The molecule has 0 saturated carbocycles. The molecule has 1 heterocycles. The Morgan fingerprint density at radius 1 is 1.23 bits per heavy atom. The van der Waals surface area contributed by atoms with Crippen molar-refractivity contribution in [1.82, 2.24) is 4.90 Å². The van der Waals surface area contributed by atoms with E-state index >= 15 is 0 Å². The van der Waals surface area contributed by atoms with Gasteiger partial charge in [-0.1, -0.05) is 19.8 Å². The predicted octanol–water partition coefficient (Wildman–Crippen LogP) is 1.88. The minimum atomic E-state index is 0.365. The summed E-state index contributed by atoms with van der Waals surface area (Å²) in [5, 5.41) is 9.04. The van der Waals surface area contributed by atoms with E-state index in [1.807, 2.05) is 0 Å². The lowest BCUT2D eigenvalue weighted by molar-refractivity contribution is 0.173. The molecular weight excluding hydrogens is 162 g/mol. The first-order chi connectivity index (χ1) is 6.36. The largest absolute Gasteiger partial charge is 0.396 e. The van der Waals surface area contributed by atoms with Crippen molar-refractivity contribution < 1.29 is 5.11 Å². The Kier molecular flexibility index (Phi) is 5.40. The van der Waals surface area contributed by atoms with E-state index in [1.165, 1.54) is 45.3 Å². The highest BCUT2D eigenvalue weighted by Crippen LogP contribution is 2.12. The van der Waals surface area contributed by atoms with Crippen LogP contribution in [0.2, 0.25) is 0 Å². The second-order valence-corrected chi connectivity index (χ2v) is 4.15. The van der Waals surface area contributed by atoms with Crippen molar-refractivity contribution in [1.29, 1.82) is 0 Å². The minimum Gasteiger partial charge on any atom is -0.396 e. The molecule has 1 saturated heterocycles. The molecule has 1 atom stereocenters. The van der Waals surface area contributed by atoms with Crippen LogP contribution in [0.25, 0.3) is 0 Å². The van der Waals surface area contributed by atoms with Gasteiger partial charge >= 0.3 is 0 Å². The van der Waals surface area contributed by atoms with Crippen molar-refractivity contribution in [2.45, 2.75) is 39.0 Å². The van der Waals surface area contributed by atoms with E-state index in [9.17, 15) is 0 Å². The summed E-state index contributed by atoms with van der Waals surface area (Å²) in [5.41, 5.74) is 0. The predicted molar refractivity (Wildman–Crippen MR) is 55.8 cm³/mol.